The maximum Gasteiger partial charge on any atom is 0.321 e. The third-order valence-corrected chi connectivity index (χ3v) is 5.58. The molecule has 0 radical (unpaired) electrons. The number of benzene rings is 3. The zero-order valence-electron chi connectivity index (χ0n) is 16.6. The van der Waals surface area contributed by atoms with Crippen molar-refractivity contribution in [2.75, 3.05) is 18.4 Å². The number of hydrogen-bond donors (Lipinski definition) is 2. The van der Waals surface area contributed by atoms with Gasteiger partial charge in [-0.1, -0.05) is 54.6 Å². The quantitative estimate of drug-likeness (QED) is 0.623. The number of anilines is 1. The molecule has 29 heavy (non-hydrogen) atoms. The van der Waals surface area contributed by atoms with Crippen LogP contribution in [0.5, 0.6) is 0 Å². The number of fused-ring (bicyclic) bond motifs is 1. The number of nitrogens with zero attached hydrogens (tertiary/aromatic N) is 1. The van der Waals surface area contributed by atoms with Crippen LogP contribution in [0.25, 0.3) is 10.8 Å². The van der Waals surface area contributed by atoms with Crippen LogP contribution in [0.2, 0.25) is 0 Å². The lowest BCUT2D eigenvalue weighted by Crippen LogP contribution is -2.38. The highest BCUT2D eigenvalue weighted by Gasteiger charge is 2.27. The Morgan fingerprint density at radius 3 is 2.79 bits per heavy atom. The van der Waals surface area contributed by atoms with Crippen LogP contribution in [0.4, 0.5) is 14.9 Å². The first kappa shape index (κ1) is 19.4. The van der Waals surface area contributed by atoms with Gasteiger partial charge in [0.15, 0.2) is 0 Å². The Balaban J connectivity index is 1.37. The van der Waals surface area contributed by atoms with E-state index < -0.39 is 6.67 Å². The molecule has 0 aliphatic carbocycles. The Bertz CT molecular complexity index is 1000. The molecule has 150 valence electrons. The molecule has 1 aliphatic rings. The van der Waals surface area contributed by atoms with Gasteiger partial charge in [-0.2, -0.15) is 0 Å². The van der Waals surface area contributed by atoms with Gasteiger partial charge in [-0.25, -0.2) is 9.18 Å². The lowest BCUT2D eigenvalue weighted by molar-refractivity contribution is 0.221. The minimum absolute atomic E-state index is 0.136. The van der Waals surface area contributed by atoms with Gasteiger partial charge in [0, 0.05) is 30.9 Å². The minimum atomic E-state index is -0.536. The standard InChI is InChI=1S/C24H26FN3O/c1-17(22-11-5-8-19-7-2-3-10-23(19)22)26-21-12-13-28(16-21)24(29)27-20-9-4-6-18(14-20)15-25/h2-11,14,17,21,26H,12-13,15-16H2,1H3,(H,27,29)/t17-,21+/m1/s1. The second-order valence-electron chi connectivity index (χ2n) is 7.65. The van der Waals surface area contributed by atoms with Crippen LogP contribution in [0, 0.1) is 0 Å². The molecule has 0 unspecified atom stereocenters. The summed E-state index contributed by atoms with van der Waals surface area (Å²) in [7, 11) is 0. The largest absolute Gasteiger partial charge is 0.323 e. The molecule has 4 nitrogen and oxygen atoms in total. The second-order valence-corrected chi connectivity index (χ2v) is 7.65. The number of hydrogen-bond acceptors (Lipinski definition) is 2. The molecule has 1 fully saturated rings. The summed E-state index contributed by atoms with van der Waals surface area (Å²) < 4.78 is 12.8. The molecule has 1 saturated heterocycles. The van der Waals surface area contributed by atoms with E-state index in [2.05, 4.69) is 60.0 Å². The number of nitrogens with one attached hydrogen (secondary N) is 2. The van der Waals surface area contributed by atoms with E-state index in [4.69, 9.17) is 0 Å². The predicted molar refractivity (Wildman–Crippen MR) is 116 cm³/mol. The molecule has 4 rings (SSSR count). The van der Waals surface area contributed by atoms with Gasteiger partial charge in [0.05, 0.1) is 0 Å². The fourth-order valence-corrected chi connectivity index (χ4v) is 4.09. The molecule has 1 heterocycles. The van der Waals surface area contributed by atoms with Crippen LogP contribution in [0.1, 0.15) is 30.5 Å². The van der Waals surface area contributed by atoms with E-state index >= 15 is 0 Å². The van der Waals surface area contributed by atoms with E-state index in [9.17, 15) is 9.18 Å². The van der Waals surface area contributed by atoms with Crippen molar-refractivity contribution in [3.05, 3.63) is 77.9 Å². The van der Waals surface area contributed by atoms with Gasteiger partial charge < -0.3 is 15.5 Å². The van der Waals surface area contributed by atoms with Gasteiger partial charge in [0.2, 0.25) is 0 Å². The highest BCUT2D eigenvalue weighted by molar-refractivity contribution is 5.89. The van der Waals surface area contributed by atoms with E-state index in [1.54, 1.807) is 24.3 Å². The lowest BCUT2D eigenvalue weighted by Gasteiger charge is -2.22. The summed E-state index contributed by atoms with van der Waals surface area (Å²) in [6.45, 7) is 3.00. The Kier molecular flexibility index (Phi) is 5.76. The zero-order valence-corrected chi connectivity index (χ0v) is 16.6. The van der Waals surface area contributed by atoms with Crippen molar-refractivity contribution in [1.29, 1.82) is 0 Å². The summed E-state index contributed by atoms with van der Waals surface area (Å²) >= 11 is 0. The molecule has 5 heteroatoms. The SMILES string of the molecule is C[C@@H](N[C@H]1CCN(C(=O)Nc2cccc(CF)c2)C1)c1cccc2ccccc12. The Hall–Kier alpha value is -2.92. The third kappa shape index (κ3) is 4.40. The maximum absolute atomic E-state index is 12.8. The fraction of sp³-hybridized carbons (Fsp3) is 0.292. The number of halogens is 1. The summed E-state index contributed by atoms with van der Waals surface area (Å²) in [5, 5.41) is 9.06. The van der Waals surface area contributed by atoms with Crippen molar-refractivity contribution in [2.24, 2.45) is 0 Å². The highest BCUT2D eigenvalue weighted by Crippen LogP contribution is 2.25. The summed E-state index contributed by atoms with van der Waals surface area (Å²) in [5.41, 5.74) is 2.47. The Morgan fingerprint density at radius 1 is 1.14 bits per heavy atom. The molecule has 2 N–H and O–H groups in total. The van der Waals surface area contributed by atoms with Crippen molar-refractivity contribution >= 4 is 22.5 Å². The first-order valence-electron chi connectivity index (χ1n) is 10.1. The minimum Gasteiger partial charge on any atom is -0.323 e. The molecular formula is C24H26FN3O. The lowest BCUT2D eigenvalue weighted by atomic mass is 9.99. The molecule has 0 saturated carbocycles. The van der Waals surface area contributed by atoms with Crippen molar-refractivity contribution in [3.8, 4) is 0 Å². The maximum atomic E-state index is 12.8. The average Bonchev–Trinajstić information content (AvgIpc) is 3.22. The summed E-state index contributed by atoms with van der Waals surface area (Å²) in [6.07, 6.45) is 0.910. The van der Waals surface area contributed by atoms with Gasteiger partial charge in [-0.15, -0.1) is 0 Å². The normalized spacial score (nSPS) is 17.4. The number of carbonyl (C=O) groups excluding carboxylic acids is 1. The van der Waals surface area contributed by atoms with Crippen LogP contribution in [-0.4, -0.2) is 30.1 Å². The molecule has 0 aromatic heterocycles. The van der Waals surface area contributed by atoms with Crippen molar-refractivity contribution in [2.45, 2.75) is 32.1 Å². The number of alkyl halides is 1. The van der Waals surface area contributed by atoms with Crippen molar-refractivity contribution in [1.82, 2.24) is 10.2 Å². The Morgan fingerprint density at radius 2 is 1.93 bits per heavy atom. The van der Waals surface area contributed by atoms with Crippen LogP contribution < -0.4 is 10.6 Å². The highest BCUT2D eigenvalue weighted by atomic mass is 19.1. The smallest absolute Gasteiger partial charge is 0.321 e. The van der Waals surface area contributed by atoms with E-state index in [0.717, 1.165) is 6.42 Å². The molecule has 1 aliphatic heterocycles. The number of amides is 2. The van der Waals surface area contributed by atoms with Crippen LogP contribution in [0.3, 0.4) is 0 Å². The van der Waals surface area contributed by atoms with E-state index in [1.807, 2.05) is 4.90 Å². The first-order valence-corrected chi connectivity index (χ1v) is 10.1. The molecule has 3 aromatic rings. The molecular weight excluding hydrogens is 365 g/mol. The van der Waals surface area contributed by atoms with Gasteiger partial charge in [-0.3, -0.25) is 0 Å². The number of urea groups is 1. The Labute approximate surface area is 170 Å². The monoisotopic (exact) mass is 391 g/mol. The van der Waals surface area contributed by atoms with E-state index in [0.29, 0.717) is 24.3 Å². The summed E-state index contributed by atoms with van der Waals surface area (Å²) in [6, 6.07) is 22.0. The summed E-state index contributed by atoms with van der Waals surface area (Å²) in [5.74, 6) is 0. The van der Waals surface area contributed by atoms with E-state index in [1.165, 1.54) is 16.3 Å². The molecule has 0 bridgehead atoms. The van der Waals surface area contributed by atoms with Crippen molar-refractivity contribution in [3.63, 3.8) is 0 Å². The van der Waals surface area contributed by atoms with Gasteiger partial charge in [-0.05, 0) is 47.4 Å². The van der Waals surface area contributed by atoms with Crippen LogP contribution in [-0.2, 0) is 6.67 Å². The summed E-state index contributed by atoms with van der Waals surface area (Å²) in [4.78, 5) is 14.4. The third-order valence-electron chi connectivity index (χ3n) is 5.58. The van der Waals surface area contributed by atoms with Gasteiger partial charge in [0.25, 0.3) is 0 Å². The van der Waals surface area contributed by atoms with Gasteiger partial charge >= 0.3 is 6.03 Å². The molecule has 2 atom stereocenters. The molecule has 2 amide bonds. The van der Waals surface area contributed by atoms with Crippen LogP contribution in [0.15, 0.2) is 66.7 Å². The number of likely N-dealkylation sites (tertiary alicyclic amines) is 1. The van der Waals surface area contributed by atoms with Crippen LogP contribution >= 0.6 is 0 Å². The first-order chi connectivity index (χ1) is 14.1. The topological polar surface area (TPSA) is 44.4 Å². The molecule has 0 spiro atoms. The number of carbonyl (C=O) groups is 1. The average molecular weight is 391 g/mol. The second kappa shape index (κ2) is 8.62. The van der Waals surface area contributed by atoms with E-state index in [-0.39, 0.29) is 18.1 Å². The van der Waals surface area contributed by atoms with Crippen molar-refractivity contribution < 1.29 is 9.18 Å². The molecule has 3 aromatic carbocycles. The number of rotatable bonds is 5. The zero-order chi connectivity index (χ0) is 20.2. The fourth-order valence-electron chi connectivity index (χ4n) is 4.09. The van der Waals surface area contributed by atoms with Gasteiger partial charge in [0.1, 0.15) is 6.67 Å². The predicted octanol–water partition coefficient (Wildman–Crippen LogP) is 5.27.